The predicted octanol–water partition coefficient (Wildman–Crippen LogP) is 3.56. The summed E-state index contributed by atoms with van der Waals surface area (Å²) in [5, 5.41) is 3.64. The molecule has 124 valence electrons. The van der Waals surface area contributed by atoms with Gasteiger partial charge in [-0.2, -0.15) is 0 Å². The number of nitrogens with two attached hydrogens (primary N) is 1. The molecule has 0 bridgehead atoms. The SMILES string of the molecule is Cc1cc(C)c(C(=O)Nc2nc3c(s2)C[C@@H](N)CC3)c(C)c1.Cl. The zero-order valence-corrected chi connectivity index (χ0v) is 15.2. The minimum atomic E-state index is -0.0783. The lowest BCUT2D eigenvalue weighted by molar-refractivity contribution is 0.102. The molecule has 0 saturated carbocycles. The second kappa shape index (κ2) is 6.99. The Bertz CT molecular complexity index is 718. The van der Waals surface area contributed by atoms with Crippen LogP contribution in [-0.4, -0.2) is 16.9 Å². The number of carbonyl (C=O) groups is 1. The zero-order valence-electron chi connectivity index (χ0n) is 13.6. The van der Waals surface area contributed by atoms with Crippen LogP contribution >= 0.6 is 23.7 Å². The fourth-order valence-electron chi connectivity index (χ4n) is 3.15. The number of aromatic nitrogens is 1. The zero-order chi connectivity index (χ0) is 15.9. The average molecular weight is 352 g/mol. The average Bonchev–Trinajstić information content (AvgIpc) is 2.78. The molecule has 0 saturated heterocycles. The maximum Gasteiger partial charge on any atom is 0.257 e. The van der Waals surface area contributed by atoms with Crippen molar-refractivity contribution in [2.75, 3.05) is 5.32 Å². The van der Waals surface area contributed by atoms with E-state index in [-0.39, 0.29) is 24.4 Å². The van der Waals surface area contributed by atoms with Gasteiger partial charge in [-0.25, -0.2) is 4.98 Å². The first-order valence-electron chi connectivity index (χ1n) is 7.57. The Hall–Kier alpha value is -1.43. The van der Waals surface area contributed by atoms with Crippen molar-refractivity contribution in [1.29, 1.82) is 0 Å². The van der Waals surface area contributed by atoms with Crippen LogP contribution in [0.2, 0.25) is 0 Å². The number of hydrogen-bond acceptors (Lipinski definition) is 4. The third kappa shape index (κ3) is 3.74. The van der Waals surface area contributed by atoms with Gasteiger partial charge in [-0.15, -0.1) is 23.7 Å². The summed E-state index contributed by atoms with van der Waals surface area (Å²) in [5.74, 6) is -0.0783. The van der Waals surface area contributed by atoms with E-state index in [1.165, 1.54) is 10.4 Å². The van der Waals surface area contributed by atoms with Gasteiger partial charge in [0.2, 0.25) is 0 Å². The van der Waals surface area contributed by atoms with Crippen LogP contribution in [0.3, 0.4) is 0 Å². The highest BCUT2D eigenvalue weighted by Gasteiger charge is 2.21. The maximum atomic E-state index is 12.6. The monoisotopic (exact) mass is 351 g/mol. The van der Waals surface area contributed by atoms with Crippen LogP contribution in [0.5, 0.6) is 0 Å². The highest BCUT2D eigenvalue weighted by atomic mass is 35.5. The fourth-order valence-corrected chi connectivity index (χ4v) is 4.25. The number of anilines is 1. The van der Waals surface area contributed by atoms with Crippen molar-refractivity contribution in [3.8, 4) is 0 Å². The molecule has 1 amide bonds. The molecular formula is C17H22ClN3OS. The van der Waals surface area contributed by atoms with Gasteiger partial charge in [0.15, 0.2) is 5.13 Å². The summed E-state index contributed by atoms with van der Waals surface area (Å²) in [7, 11) is 0. The van der Waals surface area contributed by atoms with E-state index in [4.69, 9.17) is 5.73 Å². The molecule has 4 nitrogen and oxygen atoms in total. The normalized spacial score (nSPS) is 16.4. The molecule has 6 heteroatoms. The standard InChI is InChI=1S/C17H21N3OS.ClH/c1-9-6-10(2)15(11(3)7-9)16(21)20-17-19-13-5-4-12(18)8-14(13)22-17;/h6-7,12H,4-5,8,18H2,1-3H3,(H,19,20,21);1H/t12-;/m0./s1. The molecule has 1 aromatic heterocycles. The van der Waals surface area contributed by atoms with Crippen LogP contribution in [0.1, 0.15) is 44.0 Å². The van der Waals surface area contributed by atoms with Gasteiger partial charge in [-0.1, -0.05) is 17.7 Å². The molecule has 0 unspecified atom stereocenters. The number of benzene rings is 1. The van der Waals surface area contributed by atoms with E-state index in [1.54, 1.807) is 11.3 Å². The van der Waals surface area contributed by atoms with Crippen LogP contribution in [0.15, 0.2) is 12.1 Å². The predicted molar refractivity (Wildman–Crippen MR) is 98.0 cm³/mol. The molecule has 3 N–H and O–H groups in total. The molecule has 1 heterocycles. The number of halogens is 1. The van der Waals surface area contributed by atoms with Crippen LogP contribution in [0, 0.1) is 20.8 Å². The van der Waals surface area contributed by atoms with E-state index >= 15 is 0 Å². The molecule has 1 aromatic carbocycles. The summed E-state index contributed by atoms with van der Waals surface area (Å²) in [6.07, 6.45) is 2.75. The van der Waals surface area contributed by atoms with Gasteiger partial charge in [-0.05, 0) is 51.2 Å². The number of nitrogens with zero attached hydrogens (tertiary/aromatic N) is 1. The highest BCUT2D eigenvalue weighted by molar-refractivity contribution is 7.15. The van der Waals surface area contributed by atoms with Gasteiger partial charge in [0.25, 0.3) is 5.91 Å². The highest BCUT2D eigenvalue weighted by Crippen LogP contribution is 2.30. The number of nitrogens with one attached hydrogen (secondary N) is 1. The van der Waals surface area contributed by atoms with Crippen molar-refractivity contribution < 1.29 is 4.79 Å². The van der Waals surface area contributed by atoms with E-state index < -0.39 is 0 Å². The van der Waals surface area contributed by atoms with Gasteiger partial charge in [0.05, 0.1) is 5.69 Å². The molecule has 23 heavy (non-hydrogen) atoms. The molecule has 0 fully saturated rings. The minimum Gasteiger partial charge on any atom is -0.327 e. The number of hydrogen-bond donors (Lipinski definition) is 2. The van der Waals surface area contributed by atoms with Crippen LogP contribution in [0.4, 0.5) is 5.13 Å². The Morgan fingerprint density at radius 2 is 1.96 bits per heavy atom. The number of carbonyl (C=O) groups excluding carboxylic acids is 1. The van der Waals surface area contributed by atoms with E-state index in [0.29, 0.717) is 5.13 Å². The summed E-state index contributed by atoms with van der Waals surface area (Å²) in [6.45, 7) is 5.99. The molecule has 1 atom stereocenters. The molecule has 1 aliphatic rings. The van der Waals surface area contributed by atoms with E-state index in [1.807, 2.05) is 32.9 Å². The topological polar surface area (TPSA) is 68.0 Å². The smallest absolute Gasteiger partial charge is 0.257 e. The lowest BCUT2D eigenvalue weighted by Gasteiger charge is -2.15. The Morgan fingerprint density at radius 1 is 1.30 bits per heavy atom. The third-order valence-electron chi connectivity index (χ3n) is 4.10. The summed E-state index contributed by atoms with van der Waals surface area (Å²) in [6, 6.07) is 4.29. The van der Waals surface area contributed by atoms with Gasteiger partial charge in [-0.3, -0.25) is 10.1 Å². The molecule has 1 aliphatic carbocycles. The fraction of sp³-hybridized carbons (Fsp3) is 0.412. The van der Waals surface area contributed by atoms with Gasteiger partial charge < -0.3 is 5.73 Å². The van der Waals surface area contributed by atoms with E-state index in [2.05, 4.69) is 10.3 Å². The lowest BCUT2D eigenvalue weighted by atomic mass is 9.99. The van der Waals surface area contributed by atoms with E-state index in [9.17, 15) is 4.79 Å². The third-order valence-corrected chi connectivity index (χ3v) is 5.14. The van der Waals surface area contributed by atoms with Crippen molar-refractivity contribution in [2.45, 2.75) is 46.1 Å². The molecule has 0 spiro atoms. The molecule has 3 rings (SSSR count). The Balaban J connectivity index is 0.00000192. The minimum absolute atomic E-state index is 0. The first kappa shape index (κ1) is 17.9. The molecule has 0 aliphatic heterocycles. The summed E-state index contributed by atoms with van der Waals surface area (Å²) in [4.78, 5) is 18.3. The maximum absolute atomic E-state index is 12.6. The van der Waals surface area contributed by atoms with Crippen molar-refractivity contribution in [1.82, 2.24) is 4.98 Å². The number of rotatable bonds is 2. The molecule has 0 radical (unpaired) electrons. The summed E-state index contributed by atoms with van der Waals surface area (Å²) in [5.41, 5.74) is 11.0. The first-order chi connectivity index (χ1) is 10.4. The summed E-state index contributed by atoms with van der Waals surface area (Å²) < 4.78 is 0. The number of thiazole rings is 1. The second-order valence-corrected chi connectivity index (χ2v) is 7.20. The van der Waals surface area contributed by atoms with Crippen LogP contribution in [0.25, 0.3) is 0 Å². The van der Waals surface area contributed by atoms with Crippen LogP contribution < -0.4 is 11.1 Å². The van der Waals surface area contributed by atoms with Crippen molar-refractivity contribution in [2.24, 2.45) is 5.73 Å². The molecule has 2 aromatic rings. The van der Waals surface area contributed by atoms with Crippen molar-refractivity contribution in [3.63, 3.8) is 0 Å². The first-order valence-corrected chi connectivity index (χ1v) is 8.39. The Kier molecular flexibility index (Phi) is 5.45. The van der Waals surface area contributed by atoms with E-state index in [0.717, 1.165) is 41.6 Å². The number of amides is 1. The molecular weight excluding hydrogens is 330 g/mol. The van der Waals surface area contributed by atoms with Gasteiger partial charge in [0, 0.05) is 16.5 Å². The second-order valence-electron chi connectivity index (χ2n) is 6.12. The van der Waals surface area contributed by atoms with Crippen LogP contribution in [-0.2, 0) is 12.8 Å². The van der Waals surface area contributed by atoms with Gasteiger partial charge in [0.1, 0.15) is 0 Å². The van der Waals surface area contributed by atoms with Gasteiger partial charge >= 0.3 is 0 Å². The lowest BCUT2D eigenvalue weighted by Crippen LogP contribution is -2.27. The van der Waals surface area contributed by atoms with Crippen molar-refractivity contribution >= 4 is 34.8 Å². The Morgan fingerprint density at radius 3 is 2.61 bits per heavy atom. The quantitative estimate of drug-likeness (QED) is 0.869. The number of fused-ring (bicyclic) bond motifs is 1. The van der Waals surface area contributed by atoms with Crippen molar-refractivity contribution in [3.05, 3.63) is 45.0 Å². The number of aryl methyl sites for hydroxylation is 4. The Labute approximate surface area is 146 Å². The summed E-state index contributed by atoms with van der Waals surface area (Å²) >= 11 is 1.55. The largest absolute Gasteiger partial charge is 0.327 e.